The van der Waals surface area contributed by atoms with Gasteiger partial charge in [0.1, 0.15) is 0 Å². The molecule has 1 saturated carbocycles. The molecule has 2 aromatic carbocycles. The number of carbonyl (C=O) groups excluding carboxylic acids is 1. The Morgan fingerprint density at radius 3 is 2.34 bits per heavy atom. The minimum Gasteiger partial charge on any atom is -0.481 e. The van der Waals surface area contributed by atoms with Gasteiger partial charge in [-0.05, 0) is 99.1 Å². The summed E-state index contributed by atoms with van der Waals surface area (Å²) in [6, 6.07) is 9.88. The van der Waals surface area contributed by atoms with E-state index in [1.165, 1.54) is 12.1 Å². The van der Waals surface area contributed by atoms with E-state index in [1.54, 1.807) is 6.07 Å². The normalized spacial score (nSPS) is 29.4. The summed E-state index contributed by atoms with van der Waals surface area (Å²) < 4.78 is 55.6. The van der Waals surface area contributed by atoms with Crippen LogP contribution in [0.5, 0.6) is 0 Å². The van der Waals surface area contributed by atoms with Crippen LogP contribution in [0.25, 0.3) is 0 Å². The molecule has 9 heteroatoms. The van der Waals surface area contributed by atoms with Crippen LogP contribution in [0.3, 0.4) is 0 Å². The summed E-state index contributed by atoms with van der Waals surface area (Å²) in [4.78, 5) is 27.6. The molecule has 0 radical (unpaired) electrons. The van der Waals surface area contributed by atoms with Crippen molar-refractivity contribution in [2.75, 3.05) is 6.54 Å². The summed E-state index contributed by atoms with van der Waals surface area (Å²) in [5, 5.41) is 10.1. The first-order valence-electron chi connectivity index (χ1n) is 14.3. The topological polar surface area (TPSA) is 57.6 Å². The van der Waals surface area contributed by atoms with Crippen LogP contribution in [0.15, 0.2) is 36.4 Å². The summed E-state index contributed by atoms with van der Waals surface area (Å²) in [7, 11) is 0. The predicted molar refractivity (Wildman–Crippen MR) is 149 cm³/mol. The maximum atomic E-state index is 15.0. The van der Waals surface area contributed by atoms with Crippen molar-refractivity contribution < 1.29 is 32.3 Å². The highest BCUT2D eigenvalue weighted by molar-refractivity contribution is 6.31. The first-order valence-corrected chi connectivity index (χ1v) is 14.7. The Bertz CT molecular complexity index is 1370. The lowest BCUT2D eigenvalue weighted by Crippen LogP contribution is -2.53. The van der Waals surface area contributed by atoms with Gasteiger partial charge < -0.3 is 10.0 Å². The van der Waals surface area contributed by atoms with Crippen LogP contribution in [0.4, 0.5) is 17.6 Å². The van der Waals surface area contributed by atoms with Crippen molar-refractivity contribution in [2.45, 2.75) is 95.4 Å². The van der Waals surface area contributed by atoms with Gasteiger partial charge in [-0.25, -0.2) is 4.39 Å². The number of carboxylic acid groups (broad SMARTS) is 1. The molecule has 2 aromatic rings. The zero-order valence-corrected chi connectivity index (χ0v) is 24.3. The van der Waals surface area contributed by atoms with E-state index in [9.17, 15) is 32.3 Å². The number of benzene rings is 2. The van der Waals surface area contributed by atoms with Crippen molar-refractivity contribution in [3.8, 4) is 0 Å². The summed E-state index contributed by atoms with van der Waals surface area (Å²) in [5.41, 5.74) is -1.60. The van der Waals surface area contributed by atoms with Crippen LogP contribution >= 0.6 is 11.6 Å². The van der Waals surface area contributed by atoms with Gasteiger partial charge in [-0.15, -0.1) is 0 Å². The fourth-order valence-electron chi connectivity index (χ4n) is 7.51. The van der Waals surface area contributed by atoms with Gasteiger partial charge in [-0.3, -0.25) is 9.59 Å². The molecule has 222 valence electrons. The number of hydrogen-bond acceptors (Lipinski definition) is 2. The van der Waals surface area contributed by atoms with E-state index in [2.05, 4.69) is 0 Å². The van der Waals surface area contributed by atoms with Gasteiger partial charge in [0.25, 0.3) is 0 Å². The Morgan fingerprint density at radius 1 is 1.05 bits per heavy atom. The minimum atomic E-state index is -5.04. The zero-order chi connectivity index (χ0) is 30.0. The van der Waals surface area contributed by atoms with Crippen LogP contribution in [-0.4, -0.2) is 40.6 Å². The van der Waals surface area contributed by atoms with Crippen LogP contribution in [-0.2, 0) is 33.5 Å². The second-order valence-electron chi connectivity index (χ2n) is 12.8. The number of carboxylic acids is 1. The average Bonchev–Trinajstić information content (AvgIpc) is 3.28. The number of alkyl halides is 4. The molecular weight excluding hydrogens is 558 g/mol. The quantitative estimate of drug-likeness (QED) is 0.361. The van der Waals surface area contributed by atoms with Gasteiger partial charge in [0.05, 0.1) is 5.92 Å². The number of likely N-dealkylation sites (tertiary alicyclic amines) is 1. The molecular formula is C32H36ClF4NO3. The lowest BCUT2D eigenvalue weighted by Gasteiger charge is -2.46. The van der Waals surface area contributed by atoms with Gasteiger partial charge in [-0.1, -0.05) is 48.9 Å². The Labute approximate surface area is 243 Å². The first-order chi connectivity index (χ1) is 19.1. The highest BCUT2D eigenvalue weighted by Crippen LogP contribution is 2.53. The molecule has 0 spiro atoms. The van der Waals surface area contributed by atoms with E-state index in [4.69, 9.17) is 11.6 Å². The maximum absolute atomic E-state index is 15.0. The maximum Gasteiger partial charge on any atom is 0.426 e. The van der Waals surface area contributed by atoms with Gasteiger partial charge in [0.2, 0.25) is 11.6 Å². The number of fused-ring (bicyclic) bond motifs is 3. The standard InChI is InChI=1S/C32H36ClF4NO3/c1-19-16-20(4-8-25(19)33)18-31-14-15-38(28(41)29(2)12-10-21(11-13-29)27(39)40)26(31)9-5-22-17-23(6-7-24(22)31)30(3,34)32(35,36)37/h4,6-8,16-17,21,26H,5,9-15,18H2,1-3H3,(H,39,40)/t21-,26?,29-,30?,31?. The first kappa shape index (κ1) is 29.9. The Balaban J connectivity index is 1.53. The van der Waals surface area contributed by atoms with Crippen molar-refractivity contribution in [3.63, 3.8) is 0 Å². The largest absolute Gasteiger partial charge is 0.481 e. The third-order valence-electron chi connectivity index (χ3n) is 10.2. The molecule has 1 aliphatic heterocycles. The number of aliphatic carboxylic acids is 1. The third-order valence-corrected chi connectivity index (χ3v) is 10.6. The Morgan fingerprint density at radius 2 is 1.73 bits per heavy atom. The number of carbonyl (C=O) groups is 2. The monoisotopic (exact) mass is 593 g/mol. The molecule has 4 nitrogen and oxygen atoms in total. The molecule has 41 heavy (non-hydrogen) atoms. The predicted octanol–water partition coefficient (Wildman–Crippen LogP) is 7.70. The Kier molecular flexibility index (Phi) is 7.49. The van der Waals surface area contributed by atoms with E-state index in [-0.39, 0.29) is 11.9 Å². The second-order valence-corrected chi connectivity index (χ2v) is 13.2. The number of hydrogen-bond donors (Lipinski definition) is 1. The molecule has 1 N–H and O–H groups in total. The molecule has 3 aliphatic rings. The minimum absolute atomic E-state index is 0.0222. The molecule has 0 aromatic heterocycles. The molecule has 0 bridgehead atoms. The molecule has 3 atom stereocenters. The smallest absolute Gasteiger partial charge is 0.426 e. The second kappa shape index (κ2) is 10.3. The van der Waals surface area contributed by atoms with Crippen LogP contribution in [0.2, 0.25) is 5.02 Å². The molecule has 2 fully saturated rings. The zero-order valence-electron chi connectivity index (χ0n) is 23.6. The lowest BCUT2D eigenvalue weighted by molar-refractivity contribution is -0.228. The summed E-state index contributed by atoms with van der Waals surface area (Å²) in [6.07, 6.45) is -0.946. The van der Waals surface area contributed by atoms with E-state index in [1.807, 2.05) is 36.9 Å². The fraction of sp³-hybridized carbons (Fsp3) is 0.562. The molecule has 1 saturated heterocycles. The van der Waals surface area contributed by atoms with E-state index < -0.39 is 40.1 Å². The van der Waals surface area contributed by atoms with Crippen LogP contribution in [0, 0.1) is 18.3 Å². The van der Waals surface area contributed by atoms with Crippen molar-refractivity contribution >= 4 is 23.5 Å². The number of halogens is 5. The lowest BCUT2D eigenvalue weighted by atomic mass is 9.63. The SMILES string of the molecule is Cc1cc(CC23CCN(C(=O)[C@]4(C)CC[C@@H](C(=O)O)CC4)C2CCc2cc(C(C)(F)C(F)(F)F)ccc23)ccc1Cl. The molecule has 1 heterocycles. The molecule has 2 aliphatic carbocycles. The summed E-state index contributed by atoms with van der Waals surface area (Å²) >= 11 is 6.29. The van der Waals surface area contributed by atoms with Gasteiger partial charge in [0, 0.05) is 28.4 Å². The van der Waals surface area contributed by atoms with Crippen molar-refractivity contribution in [1.82, 2.24) is 4.90 Å². The van der Waals surface area contributed by atoms with E-state index in [0.29, 0.717) is 75.4 Å². The van der Waals surface area contributed by atoms with Crippen molar-refractivity contribution in [2.24, 2.45) is 11.3 Å². The number of rotatable bonds is 5. The fourth-order valence-corrected chi connectivity index (χ4v) is 7.63. The average molecular weight is 594 g/mol. The van der Waals surface area contributed by atoms with Crippen molar-refractivity contribution in [1.29, 1.82) is 0 Å². The van der Waals surface area contributed by atoms with Crippen LogP contribution in [0.1, 0.15) is 80.2 Å². The molecule has 3 unspecified atom stereocenters. The number of amides is 1. The van der Waals surface area contributed by atoms with E-state index >= 15 is 0 Å². The van der Waals surface area contributed by atoms with Gasteiger partial charge >= 0.3 is 12.1 Å². The number of aryl methyl sites for hydroxylation is 2. The van der Waals surface area contributed by atoms with E-state index in [0.717, 1.165) is 16.7 Å². The molecule has 5 rings (SSSR count). The Hall–Kier alpha value is -2.61. The summed E-state index contributed by atoms with van der Waals surface area (Å²) in [5.74, 6) is -1.24. The summed E-state index contributed by atoms with van der Waals surface area (Å²) in [6.45, 7) is 4.90. The number of nitrogens with zero attached hydrogens (tertiary/aromatic N) is 1. The highest BCUT2D eigenvalue weighted by atomic mass is 35.5. The van der Waals surface area contributed by atoms with Gasteiger partial charge in [0.15, 0.2) is 0 Å². The highest BCUT2D eigenvalue weighted by Gasteiger charge is 2.57. The van der Waals surface area contributed by atoms with Crippen molar-refractivity contribution in [3.05, 3.63) is 69.2 Å². The third kappa shape index (κ3) is 5.04. The molecule has 1 amide bonds. The van der Waals surface area contributed by atoms with Gasteiger partial charge in [-0.2, -0.15) is 13.2 Å². The van der Waals surface area contributed by atoms with Crippen LogP contribution < -0.4 is 0 Å².